The zero-order valence-electron chi connectivity index (χ0n) is 15.4. The maximum absolute atomic E-state index is 12.4. The number of carbonyl (C=O) groups excluding carboxylic acids is 2. The highest BCUT2D eigenvalue weighted by molar-refractivity contribution is 5.80. The number of ether oxygens (including phenoxy) is 2. The van der Waals surface area contributed by atoms with Gasteiger partial charge in [-0.3, -0.25) is 4.79 Å². The van der Waals surface area contributed by atoms with Crippen molar-refractivity contribution in [2.75, 3.05) is 26.2 Å². The molecular weight excluding hydrogens is 306 g/mol. The molecule has 0 heterocycles. The molecule has 0 fully saturated rings. The lowest BCUT2D eigenvalue weighted by molar-refractivity contribution is -0.169. The molecule has 0 bridgehead atoms. The summed E-state index contributed by atoms with van der Waals surface area (Å²) in [5, 5.41) is 0. The van der Waals surface area contributed by atoms with E-state index in [0.717, 1.165) is 19.6 Å². The van der Waals surface area contributed by atoms with Gasteiger partial charge in [0.25, 0.3) is 0 Å². The third-order valence-corrected chi connectivity index (χ3v) is 3.75. The standard InChI is InChI=1S/C19H29NO4/c1-6-20(7-2)13-19(4,5)14-23-18(22)17(24-15(3)21)16-11-9-8-10-12-16/h8-12,17H,6-7,13-14H2,1-5H3. The smallest absolute Gasteiger partial charge is 0.352 e. The van der Waals surface area contributed by atoms with Gasteiger partial charge < -0.3 is 14.4 Å². The van der Waals surface area contributed by atoms with Gasteiger partial charge in [0.05, 0.1) is 6.61 Å². The first-order valence-corrected chi connectivity index (χ1v) is 8.40. The molecule has 0 aliphatic heterocycles. The van der Waals surface area contributed by atoms with Crippen LogP contribution < -0.4 is 0 Å². The molecule has 0 radical (unpaired) electrons. The average Bonchev–Trinajstić information content (AvgIpc) is 2.56. The van der Waals surface area contributed by atoms with Gasteiger partial charge in [0.1, 0.15) is 0 Å². The van der Waals surface area contributed by atoms with Gasteiger partial charge in [-0.1, -0.05) is 58.0 Å². The summed E-state index contributed by atoms with van der Waals surface area (Å²) >= 11 is 0. The molecule has 1 aromatic carbocycles. The summed E-state index contributed by atoms with van der Waals surface area (Å²) in [7, 11) is 0. The number of hydrogen-bond donors (Lipinski definition) is 0. The van der Waals surface area contributed by atoms with Crippen molar-refractivity contribution in [1.82, 2.24) is 4.90 Å². The highest BCUT2D eigenvalue weighted by Gasteiger charge is 2.29. The number of rotatable bonds is 9. The Balaban J connectivity index is 2.73. The highest BCUT2D eigenvalue weighted by atomic mass is 16.6. The number of nitrogens with zero attached hydrogens (tertiary/aromatic N) is 1. The van der Waals surface area contributed by atoms with Gasteiger partial charge in [0.15, 0.2) is 0 Å². The average molecular weight is 335 g/mol. The lowest BCUT2D eigenvalue weighted by atomic mass is 9.94. The summed E-state index contributed by atoms with van der Waals surface area (Å²) in [4.78, 5) is 26.0. The van der Waals surface area contributed by atoms with Gasteiger partial charge in [-0.15, -0.1) is 0 Å². The quantitative estimate of drug-likeness (QED) is 0.649. The molecule has 0 spiro atoms. The summed E-state index contributed by atoms with van der Waals surface area (Å²) in [5.74, 6) is -1.05. The normalized spacial score (nSPS) is 12.8. The van der Waals surface area contributed by atoms with E-state index in [1.165, 1.54) is 6.92 Å². The van der Waals surface area contributed by atoms with Gasteiger partial charge in [0.2, 0.25) is 6.10 Å². The number of esters is 2. The molecular formula is C19H29NO4. The van der Waals surface area contributed by atoms with Crippen molar-refractivity contribution >= 4 is 11.9 Å². The summed E-state index contributed by atoms with van der Waals surface area (Å²) in [5.41, 5.74) is 0.429. The Morgan fingerprint density at radius 1 is 1.12 bits per heavy atom. The third-order valence-electron chi connectivity index (χ3n) is 3.75. The van der Waals surface area contributed by atoms with Crippen LogP contribution >= 0.6 is 0 Å². The Bertz CT molecular complexity index is 523. The summed E-state index contributed by atoms with van der Waals surface area (Å²) in [6.07, 6.45) is -1.02. The Labute approximate surface area is 144 Å². The zero-order valence-corrected chi connectivity index (χ0v) is 15.4. The first-order valence-electron chi connectivity index (χ1n) is 8.40. The zero-order chi connectivity index (χ0) is 18.2. The molecule has 5 heteroatoms. The summed E-state index contributed by atoms with van der Waals surface area (Å²) < 4.78 is 10.6. The molecule has 0 amide bonds. The first-order chi connectivity index (χ1) is 11.3. The van der Waals surface area contributed by atoms with Crippen LogP contribution in [0.5, 0.6) is 0 Å². The van der Waals surface area contributed by atoms with Gasteiger partial charge in [0, 0.05) is 24.4 Å². The fourth-order valence-electron chi connectivity index (χ4n) is 2.49. The largest absolute Gasteiger partial charge is 0.462 e. The van der Waals surface area contributed by atoms with E-state index in [1.54, 1.807) is 24.3 Å². The van der Waals surface area contributed by atoms with Crippen LogP contribution in [0.3, 0.4) is 0 Å². The van der Waals surface area contributed by atoms with Crippen LogP contribution in [0, 0.1) is 5.41 Å². The molecule has 5 nitrogen and oxygen atoms in total. The van der Waals surface area contributed by atoms with E-state index in [0.29, 0.717) is 5.56 Å². The number of hydrogen-bond acceptors (Lipinski definition) is 5. The van der Waals surface area contributed by atoms with Crippen LogP contribution in [0.25, 0.3) is 0 Å². The molecule has 0 saturated heterocycles. The number of carbonyl (C=O) groups is 2. The maximum atomic E-state index is 12.4. The molecule has 134 valence electrons. The minimum atomic E-state index is -1.02. The minimum absolute atomic E-state index is 0.181. The molecule has 0 N–H and O–H groups in total. The fraction of sp³-hybridized carbons (Fsp3) is 0.579. The van der Waals surface area contributed by atoms with Crippen molar-refractivity contribution in [3.05, 3.63) is 35.9 Å². The van der Waals surface area contributed by atoms with Crippen molar-refractivity contribution in [3.8, 4) is 0 Å². The van der Waals surface area contributed by atoms with Crippen molar-refractivity contribution in [2.45, 2.75) is 40.7 Å². The Hall–Kier alpha value is -1.88. The lowest BCUT2D eigenvalue weighted by Crippen LogP contribution is -2.38. The predicted octanol–water partition coefficient (Wildman–Crippen LogP) is 3.20. The second-order valence-corrected chi connectivity index (χ2v) is 6.63. The lowest BCUT2D eigenvalue weighted by Gasteiger charge is -2.31. The van der Waals surface area contributed by atoms with Crippen molar-refractivity contribution in [1.29, 1.82) is 0 Å². The maximum Gasteiger partial charge on any atom is 0.352 e. The highest BCUT2D eigenvalue weighted by Crippen LogP contribution is 2.22. The third kappa shape index (κ3) is 6.71. The van der Waals surface area contributed by atoms with E-state index in [-0.39, 0.29) is 12.0 Å². The van der Waals surface area contributed by atoms with Crippen LogP contribution in [0.1, 0.15) is 46.3 Å². The van der Waals surface area contributed by atoms with E-state index >= 15 is 0 Å². The van der Waals surface area contributed by atoms with Crippen LogP contribution in [-0.4, -0.2) is 43.1 Å². The van der Waals surface area contributed by atoms with E-state index in [4.69, 9.17) is 9.47 Å². The van der Waals surface area contributed by atoms with Crippen LogP contribution in [0.2, 0.25) is 0 Å². The predicted molar refractivity (Wildman–Crippen MR) is 93.5 cm³/mol. The second-order valence-electron chi connectivity index (χ2n) is 6.63. The first kappa shape index (κ1) is 20.2. The molecule has 1 atom stereocenters. The van der Waals surface area contributed by atoms with Gasteiger partial charge >= 0.3 is 11.9 Å². The SMILES string of the molecule is CCN(CC)CC(C)(C)COC(=O)C(OC(C)=O)c1ccccc1. The number of benzene rings is 1. The van der Waals surface area contributed by atoms with Crippen LogP contribution in [0.15, 0.2) is 30.3 Å². The minimum Gasteiger partial charge on any atom is -0.462 e. The Morgan fingerprint density at radius 3 is 2.21 bits per heavy atom. The molecule has 24 heavy (non-hydrogen) atoms. The monoisotopic (exact) mass is 335 g/mol. The molecule has 0 aliphatic carbocycles. The van der Waals surface area contributed by atoms with Crippen LogP contribution in [-0.2, 0) is 19.1 Å². The van der Waals surface area contributed by atoms with Crippen LogP contribution in [0.4, 0.5) is 0 Å². The van der Waals surface area contributed by atoms with Gasteiger partial charge in [-0.05, 0) is 13.1 Å². The Morgan fingerprint density at radius 2 is 1.71 bits per heavy atom. The fourth-order valence-corrected chi connectivity index (χ4v) is 2.49. The molecule has 0 aromatic heterocycles. The van der Waals surface area contributed by atoms with Crippen molar-refractivity contribution < 1.29 is 19.1 Å². The summed E-state index contributed by atoms with van der Waals surface area (Å²) in [6, 6.07) is 8.92. The van der Waals surface area contributed by atoms with Gasteiger partial charge in [-0.25, -0.2) is 4.79 Å². The molecule has 0 aliphatic rings. The molecule has 0 saturated carbocycles. The molecule has 1 unspecified atom stereocenters. The van der Waals surface area contributed by atoms with E-state index < -0.39 is 18.0 Å². The molecule has 1 aromatic rings. The second kappa shape index (κ2) is 9.42. The van der Waals surface area contributed by atoms with Gasteiger partial charge in [-0.2, -0.15) is 0 Å². The van der Waals surface area contributed by atoms with Crippen molar-refractivity contribution in [3.63, 3.8) is 0 Å². The molecule has 1 rings (SSSR count). The Kier molecular flexibility index (Phi) is 7.92. The summed E-state index contributed by atoms with van der Waals surface area (Å²) in [6.45, 7) is 12.6. The van der Waals surface area contributed by atoms with E-state index in [2.05, 4.69) is 32.6 Å². The topological polar surface area (TPSA) is 55.8 Å². The van der Waals surface area contributed by atoms with Crippen molar-refractivity contribution in [2.24, 2.45) is 5.41 Å². The van der Waals surface area contributed by atoms with E-state index in [9.17, 15) is 9.59 Å². The van der Waals surface area contributed by atoms with E-state index in [1.807, 2.05) is 6.07 Å².